The van der Waals surface area contributed by atoms with E-state index >= 15 is 0 Å². The zero-order valence-corrected chi connectivity index (χ0v) is 46.0. The molecule has 0 spiro atoms. The van der Waals surface area contributed by atoms with Crippen LogP contribution < -0.4 is 0 Å². The van der Waals surface area contributed by atoms with Crippen molar-refractivity contribution in [2.24, 2.45) is 0 Å². The molecule has 7 aromatic carbocycles. The van der Waals surface area contributed by atoms with Gasteiger partial charge in [-0.2, -0.15) is 0 Å². The third kappa shape index (κ3) is 7.26. The summed E-state index contributed by atoms with van der Waals surface area (Å²) >= 11 is 0. The normalized spacial score (nSPS) is 14.6. The lowest BCUT2D eigenvalue weighted by molar-refractivity contribution is 0.660. The Kier molecular flexibility index (Phi) is 9.98. The summed E-state index contributed by atoms with van der Waals surface area (Å²) in [5, 5.41) is 0. The van der Waals surface area contributed by atoms with Gasteiger partial charge >= 0.3 is 0 Å². The van der Waals surface area contributed by atoms with Crippen molar-refractivity contribution in [3.63, 3.8) is 0 Å². The Labute approximate surface area is 471 Å². The van der Waals surface area contributed by atoms with E-state index in [1.54, 1.807) is 0 Å². The second kappa shape index (κ2) is 17.1. The van der Waals surface area contributed by atoms with Crippen LogP contribution in [0.25, 0.3) is 134 Å². The summed E-state index contributed by atoms with van der Waals surface area (Å²) in [4.78, 5) is 31.5. The minimum absolute atomic E-state index is 0.0991. The predicted octanol–water partition coefficient (Wildman–Crippen LogP) is 18.4. The molecule has 3 aliphatic carbocycles. The van der Waals surface area contributed by atoms with Crippen molar-refractivity contribution in [2.45, 2.75) is 57.8 Å². The van der Waals surface area contributed by atoms with Crippen LogP contribution in [-0.2, 0) is 16.2 Å². The first-order valence-corrected chi connectivity index (χ1v) is 28.1. The highest BCUT2D eigenvalue weighted by molar-refractivity contribution is 5.91. The number of rotatable bonds is 6. The standard InChI is InChI=1S/C75H54N6/c1-73(2)55-16-10-7-13-49(55)52-22-19-43(40-58(52)73)61-25-31-70-67(76-61)34-28-64(79-70)46-37-47(65-29-35-68-71(80-65)32-26-62(77-68)44-20-23-53-50-14-8-11-17-56(50)74(3,4)59(53)41-44)39-48(38-46)66-30-36-69-72(81-66)33-27-63(78-69)45-21-24-54-51-15-9-12-18-57(51)75(5,6)60(54)42-45/h7-42H,1-6H3. The van der Waals surface area contributed by atoms with Crippen LogP contribution in [0.5, 0.6) is 0 Å². The van der Waals surface area contributed by atoms with Crippen LogP contribution in [0.1, 0.15) is 74.9 Å². The largest absolute Gasteiger partial charge is 0.246 e. The smallest absolute Gasteiger partial charge is 0.0894 e. The highest BCUT2D eigenvalue weighted by Gasteiger charge is 2.38. The molecule has 0 amide bonds. The number of nitrogens with zero attached hydrogens (tertiary/aromatic N) is 6. The molecule has 6 heteroatoms. The van der Waals surface area contributed by atoms with Crippen LogP contribution in [0.2, 0.25) is 0 Å². The first kappa shape index (κ1) is 47.2. The van der Waals surface area contributed by atoms with Crippen molar-refractivity contribution >= 4 is 33.1 Å². The lowest BCUT2D eigenvalue weighted by atomic mass is 9.82. The SMILES string of the molecule is CC1(C)c2ccccc2-c2ccc(-c3ccc4nc(-c5cc(-c6ccc7nc(-c8ccc9c(c8)C(C)(C)c8ccccc8-9)ccc7n6)cc(-c6ccc7nc(-c8ccc9c(c8)C(C)(C)c8ccccc8-9)ccc7n6)c5)ccc4n3)cc21. The van der Waals surface area contributed by atoms with Crippen LogP contribution >= 0.6 is 0 Å². The minimum Gasteiger partial charge on any atom is -0.246 e. The zero-order chi connectivity index (χ0) is 54.5. The molecule has 6 aromatic heterocycles. The van der Waals surface area contributed by atoms with Crippen LogP contribution in [0.15, 0.2) is 218 Å². The summed E-state index contributed by atoms with van der Waals surface area (Å²) in [5.41, 5.74) is 32.0. The molecular formula is C75H54N6. The van der Waals surface area contributed by atoms with Gasteiger partial charge in [0.2, 0.25) is 0 Å². The molecule has 384 valence electrons. The Bertz CT molecular complexity index is 4370. The van der Waals surface area contributed by atoms with E-state index in [0.717, 1.165) is 101 Å². The van der Waals surface area contributed by atoms with Gasteiger partial charge in [0.05, 0.1) is 67.3 Å². The van der Waals surface area contributed by atoms with Crippen molar-refractivity contribution in [1.29, 1.82) is 0 Å². The van der Waals surface area contributed by atoms with E-state index in [2.05, 4.69) is 260 Å². The summed E-state index contributed by atoms with van der Waals surface area (Å²) in [6, 6.07) is 78.4. The lowest BCUT2D eigenvalue weighted by Crippen LogP contribution is -2.14. The molecule has 6 nitrogen and oxygen atoms in total. The molecule has 0 N–H and O–H groups in total. The van der Waals surface area contributed by atoms with Gasteiger partial charge in [-0.05, 0) is 176 Å². The number of pyridine rings is 6. The number of aromatic nitrogens is 6. The highest BCUT2D eigenvalue weighted by Crippen LogP contribution is 2.52. The number of hydrogen-bond acceptors (Lipinski definition) is 6. The van der Waals surface area contributed by atoms with E-state index < -0.39 is 0 Å². The van der Waals surface area contributed by atoms with E-state index in [0.29, 0.717) is 0 Å². The molecule has 16 rings (SSSR count). The molecule has 6 heterocycles. The van der Waals surface area contributed by atoms with E-state index in [1.807, 2.05) is 0 Å². The average Bonchev–Trinajstić information content (AvgIpc) is 4.09. The zero-order valence-electron chi connectivity index (χ0n) is 46.0. The topological polar surface area (TPSA) is 77.3 Å². The first-order valence-electron chi connectivity index (χ1n) is 28.1. The first-order chi connectivity index (χ1) is 39.3. The van der Waals surface area contributed by atoms with Gasteiger partial charge < -0.3 is 0 Å². The second-order valence-corrected chi connectivity index (χ2v) is 23.9. The Morgan fingerprint density at radius 3 is 0.679 bits per heavy atom. The van der Waals surface area contributed by atoms with Gasteiger partial charge in [-0.1, -0.05) is 151 Å². The molecule has 0 saturated carbocycles. The number of hydrogen-bond donors (Lipinski definition) is 0. The maximum Gasteiger partial charge on any atom is 0.0894 e. The molecule has 0 unspecified atom stereocenters. The van der Waals surface area contributed by atoms with Gasteiger partial charge in [-0.3, -0.25) is 0 Å². The molecule has 0 aliphatic heterocycles. The Morgan fingerprint density at radius 2 is 0.420 bits per heavy atom. The van der Waals surface area contributed by atoms with E-state index in [4.69, 9.17) is 29.9 Å². The molecular weight excluding hydrogens is 985 g/mol. The summed E-state index contributed by atoms with van der Waals surface area (Å²) in [6.45, 7) is 13.9. The van der Waals surface area contributed by atoms with Gasteiger partial charge in [0.25, 0.3) is 0 Å². The molecule has 81 heavy (non-hydrogen) atoms. The van der Waals surface area contributed by atoms with E-state index in [1.165, 1.54) is 66.8 Å². The summed E-state index contributed by atoms with van der Waals surface area (Å²) < 4.78 is 0. The molecule has 0 saturated heterocycles. The summed E-state index contributed by atoms with van der Waals surface area (Å²) in [5.74, 6) is 0. The van der Waals surface area contributed by atoms with E-state index in [-0.39, 0.29) is 16.2 Å². The lowest BCUT2D eigenvalue weighted by Gasteiger charge is -2.21. The molecule has 0 bridgehead atoms. The Hall–Kier alpha value is -9.78. The molecule has 0 fully saturated rings. The maximum absolute atomic E-state index is 5.30. The number of fused-ring (bicyclic) bond motifs is 12. The van der Waals surface area contributed by atoms with Crippen molar-refractivity contribution < 1.29 is 0 Å². The van der Waals surface area contributed by atoms with Gasteiger partial charge in [-0.15, -0.1) is 0 Å². The highest BCUT2D eigenvalue weighted by atomic mass is 14.8. The number of benzene rings is 7. The van der Waals surface area contributed by atoms with Gasteiger partial charge in [-0.25, -0.2) is 29.9 Å². The van der Waals surface area contributed by atoms with Gasteiger partial charge in [0.15, 0.2) is 0 Å². The molecule has 3 aliphatic rings. The van der Waals surface area contributed by atoms with Crippen molar-refractivity contribution in [2.75, 3.05) is 0 Å². The fourth-order valence-corrected chi connectivity index (χ4v) is 13.7. The van der Waals surface area contributed by atoms with E-state index in [9.17, 15) is 0 Å². The average molecular weight is 1040 g/mol. The van der Waals surface area contributed by atoms with Crippen molar-refractivity contribution in [3.05, 3.63) is 252 Å². The van der Waals surface area contributed by atoms with Crippen LogP contribution in [0.4, 0.5) is 0 Å². The molecule has 0 radical (unpaired) electrons. The van der Waals surface area contributed by atoms with Crippen molar-refractivity contribution in [1.82, 2.24) is 29.9 Å². The molecule has 0 atom stereocenters. The Morgan fingerprint density at radius 1 is 0.198 bits per heavy atom. The molecule has 13 aromatic rings. The maximum atomic E-state index is 5.30. The second-order valence-electron chi connectivity index (χ2n) is 23.9. The summed E-state index contributed by atoms with van der Waals surface area (Å²) in [7, 11) is 0. The quantitative estimate of drug-likeness (QED) is 0.165. The Balaban J connectivity index is 0.763. The third-order valence-corrected chi connectivity index (χ3v) is 18.1. The fraction of sp³-hybridized carbons (Fsp3) is 0.120. The van der Waals surface area contributed by atoms with Gasteiger partial charge in [0, 0.05) is 49.6 Å². The van der Waals surface area contributed by atoms with Gasteiger partial charge in [0.1, 0.15) is 0 Å². The van der Waals surface area contributed by atoms with Crippen molar-refractivity contribution in [3.8, 4) is 101 Å². The summed E-state index contributed by atoms with van der Waals surface area (Å²) in [6.07, 6.45) is 0. The fourth-order valence-electron chi connectivity index (χ4n) is 13.7. The predicted molar refractivity (Wildman–Crippen MR) is 331 cm³/mol. The van der Waals surface area contributed by atoms with Crippen LogP contribution in [0.3, 0.4) is 0 Å². The van der Waals surface area contributed by atoms with Crippen LogP contribution in [0, 0.1) is 0 Å². The minimum atomic E-state index is -0.0991. The monoisotopic (exact) mass is 1040 g/mol. The van der Waals surface area contributed by atoms with Crippen LogP contribution in [-0.4, -0.2) is 29.9 Å². The third-order valence-electron chi connectivity index (χ3n) is 18.1.